The lowest BCUT2D eigenvalue weighted by atomic mass is 9.98. The molecule has 0 radical (unpaired) electrons. The normalized spacial score (nSPS) is 15.5. The highest BCUT2D eigenvalue weighted by Gasteiger charge is 2.39. The average Bonchev–Trinajstić information content (AvgIpc) is 2.54. The molecule has 0 saturated carbocycles. The molecule has 0 fully saturated rings. The first-order valence-electron chi connectivity index (χ1n) is 7.62. The number of carbonyl (C=O) groups excluding carboxylic acids is 2. The van der Waals surface area contributed by atoms with Gasteiger partial charge in [-0.05, 0) is 54.0 Å². The molecule has 124 valence electrons. The molecule has 2 N–H and O–H groups in total. The Kier molecular flexibility index (Phi) is 4.32. The van der Waals surface area contributed by atoms with Gasteiger partial charge in [0.15, 0.2) is 0 Å². The highest BCUT2D eigenvalue weighted by atomic mass is 79.9. The maximum Gasteiger partial charge on any atom is 0.252 e. The first-order chi connectivity index (χ1) is 11.4. The van der Waals surface area contributed by atoms with Gasteiger partial charge in [-0.3, -0.25) is 14.5 Å². The third-order valence-corrected chi connectivity index (χ3v) is 4.56. The molecule has 0 saturated heterocycles. The zero-order chi connectivity index (χ0) is 17.3. The molecule has 0 unspecified atom stereocenters. The minimum atomic E-state index is -0.762. The van der Waals surface area contributed by atoms with Crippen LogP contribution in [0.1, 0.15) is 13.8 Å². The fourth-order valence-corrected chi connectivity index (χ4v) is 3.09. The molecule has 1 aliphatic rings. The van der Waals surface area contributed by atoms with Crippen LogP contribution in [-0.4, -0.2) is 23.9 Å². The van der Waals surface area contributed by atoms with Crippen molar-refractivity contribution < 1.29 is 9.59 Å². The second-order valence-corrected chi connectivity index (χ2v) is 7.04. The van der Waals surface area contributed by atoms with Crippen molar-refractivity contribution in [2.45, 2.75) is 19.4 Å². The van der Waals surface area contributed by atoms with Crippen LogP contribution in [0.15, 0.2) is 53.0 Å². The van der Waals surface area contributed by atoms with E-state index in [0.29, 0.717) is 11.4 Å². The van der Waals surface area contributed by atoms with E-state index >= 15 is 0 Å². The first kappa shape index (κ1) is 16.5. The van der Waals surface area contributed by atoms with Gasteiger partial charge in [0.2, 0.25) is 5.91 Å². The number of anilines is 3. The molecule has 1 heterocycles. The van der Waals surface area contributed by atoms with Gasteiger partial charge in [0.25, 0.3) is 5.91 Å². The van der Waals surface area contributed by atoms with Crippen LogP contribution in [0.4, 0.5) is 17.1 Å². The molecule has 1 aliphatic heterocycles. The number of halogens is 1. The van der Waals surface area contributed by atoms with Gasteiger partial charge in [-0.2, -0.15) is 0 Å². The van der Waals surface area contributed by atoms with Gasteiger partial charge >= 0.3 is 0 Å². The largest absolute Gasteiger partial charge is 0.370 e. The molecule has 24 heavy (non-hydrogen) atoms. The van der Waals surface area contributed by atoms with Gasteiger partial charge in [0.05, 0.1) is 17.1 Å². The first-order valence-corrected chi connectivity index (χ1v) is 8.41. The van der Waals surface area contributed by atoms with Crippen LogP contribution in [0.5, 0.6) is 0 Å². The van der Waals surface area contributed by atoms with Crippen LogP contribution in [-0.2, 0) is 9.59 Å². The molecule has 0 aromatic heterocycles. The second-order valence-electron chi connectivity index (χ2n) is 6.19. The molecular weight excluding hydrogens is 370 g/mol. The Morgan fingerprint density at radius 3 is 2.58 bits per heavy atom. The lowest BCUT2D eigenvalue weighted by Gasteiger charge is -2.39. The Morgan fingerprint density at radius 2 is 1.83 bits per heavy atom. The summed E-state index contributed by atoms with van der Waals surface area (Å²) in [4.78, 5) is 26.7. The van der Waals surface area contributed by atoms with Crippen molar-refractivity contribution in [2.24, 2.45) is 0 Å². The molecule has 2 aromatic carbocycles. The van der Waals surface area contributed by atoms with Crippen molar-refractivity contribution in [3.05, 3.63) is 53.0 Å². The number of para-hydroxylation sites is 3. The molecule has 0 atom stereocenters. The van der Waals surface area contributed by atoms with E-state index in [-0.39, 0.29) is 18.4 Å². The fraction of sp³-hybridized carbons (Fsp3) is 0.222. The van der Waals surface area contributed by atoms with Gasteiger partial charge in [0.1, 0.15) is 12.1 Å². The van der Waals surface area contributed by atoms with E-state index in [2.05, 4.69) is 26.6 Å². The maximum absolute atomic E-state index is 12.7. The monoisotopic (exact) mass is 387 g/mol. The molecular formula is C18H18BrN3O2. The van der Waals surface area contributed by atoms with E-state index in [1.165, 1.54) is 4.90 Å². The highest BCUT2D eigenvalue weighted by molar-refractivity contribution is 9.10. The standard InChI is InChI=1S/C18H18BrN3O2/c1-18(2)17(24)22(15-10-6-5-9-14(15)21-18)11-16(23)20-13-8-4-3-7-12(13)19/h3-10,21H,11H2,1-2H3,(H,20,23). The number of hydrogen-bond acceptors (Lipinski definition) is 3. The molecule has 2 aromatic rings. The molecule has 0 bridgehead atoms. The van der Waals surface area contributed by atoms with E-state index < -0.39 is 5.54 Å². The molecule has 6 heteroatoms. The number of nitrogens with zero attached hydrogens (tertiary/aromatic N) is 1. The van der Waals surface area contributed by atoms with Crippen molar-refractivity contribution >= 4 is 44.8 Å². The number of nitrogens with one attached hydrogen (secondary N) is 2. The van der Waals surface area contributed by atoms with Crippen LogP contribution >= 0.6 is 15.9 Å². The summed E-state index contributed by atoms with van der Waals surface area (Å²) in [7, 11) is 0. The maximum atomic E-state index is 12.7. The minimum absolute atomic E-state index is 0.0394. The van der Waals surface area contributed by atoms with Crippen LogP contribution in [0.2, 0.25) is 0 Å². The van der Waals surface area contributed by atoms with Gasteiger partial charge in [0, 0.05) is 4.47 Å². The molecule has 5 nitrogen and oxygen atoms in total. The van der Waals surface area contributed by atoms with Crippen LogP contribution < -0.4 is 15.5 Å². The summed E-state index contributed by atoms with van der Waals surface area (Å²) < 4.78 is 0.797. The van der Waals surface area contributed by atoms with Crippen molar-refractivity contribution in [1.82, 2.24) is 0 Å². The topological polar surface area (TPSA) is 61.4 Å². The Balaban J connectivity index is 1.84. The van der Waals surface area contributed by atoms with E-state index in [4.69, 9.17) is 0 Å². The highest BCUT2D eigenvalue weighted by Crippen LogP contribution is 2.34. The summed E-state index contributed by atoms with van der Waals surface area (Å²) in [6.45, 7) is 3.58. The molecule has 0 spiro atoms. The lowest BCUT2D eigenvalue weighted by molar-refractivity contribution is -0.124. The SMILES string of the molecule is CC1(C)Nc2ccccc2N(CC(=O)Nc2ccccc2Br)C1=O. The predicted octanol–water partition coefficient (Wildman–Crippen LogP) is 3.62. The van der Waals surface area contributed by atoms with Crippen molar-refractivity contribution in [2.75, 3.05) is 22.1 Å². The van der Waals surface area contributed by atoms with E-state index in [0.717, 1.165) is 10.2 Å². The quantitative estimate of drug-likeness (QED) is 0.844. The predicted molar refractivity (Wildman–Crippen MR) is 99.3 cm³/mol. The Labute approximate surface area is 149 Å². The summed E-state index contributed by atoms with van der Waals surface area (Å²) in [5.41, 5.74) is 1.47. The van der Waals surface area contributed by atoms with Gasteiger partial charge in [-0.25, -0.2) is 0 Å². The number of rotatable bonds is 3. The van der Waals surface area contributed by atoms with Crippen molar-refractivity contribution in [3.63, 3.8) is 0 Å². The van der Waals surface area contributed by atoms with Crippen molar-refractivity contribution in [1.29, 1.82) is 0 Å². The summed E-state index contributed by atoms with van der Waals surface area (Å²) in [5.74, 6) is -0.383. The number of hydrogen-bond donors (Lipinski definition) is 2. The number of benzene rings is 2. The fourth-order valence-electron chi connectivity index (χ4n) is 2.70. The number of carbonyl (C=O) groups is 2. The second kappa shape index (κ2) is 6.28. The summed E-state index contributed by atoms with van der Waals surface area (Å²) in [6.07, 6.45) is 0. The van der Waals surface area contributed by atoms with Crippen LogP contribution in [0, 0.1) is 0 Å². The van der Waals surface area contributed by atoms with Crippen molar-refractivity contribution in [3.8, 4) is 0 Å². The van der Waals surface area contributed by atoms with E-state index in [1.54, 1.807) is 6.07 Å². The smallest absolute Gasteiger partial charge is 0.252 e. The van der Waals surface area contributed by atoms with E-state index in [1.807, 2.05) is 56.3 Å². The van der Waals surface area contributed by atoms with E-state index in [9.17, 15) is 9.59 Å². The molecule has 3 rings (SSSR count). The summed E-state index contributed by atoms with van der Waals surface area (Å²) >= 11 is 3.40. The lowest BCUT2D eigenvalue weighted by Crippen LogP contribution is -2.55. The van der Waals surface area contributed by atoms with Gasteiger partial charge in [-0.15, -0.1) is 0 Å². The Hall–Kier alpha value is -2.34. The van der Waals surface area contributed by atoms with Crippen LogP contribution in [0.3, 0.4) is 0 Å². The molecule has 0 aliphatic carbocycles. The zero-order valence-electron chi connectivity index (χ0n) is 13.5. The summed E-state index contributed by atoms with van der Waals surface area (Å²) in [5, 5.41) is 6.05. The van der Waals surface area contributed by atoms with Gasteiger partial charge in [-0.1, -0.05) is 24.3 Å². The number of amides is 2. The third-order valence-electron chi connectivity index (χ3n) is 3.87. The third kappa shape index (κ3) is 3.14. The Morgan fingerprint density at radius 1 is 1.17 bits per heavy atom. The Bertz CT molecular complexity index is 804. The minimum Gasteiger partial charge on any atom is -0.370 e. The zero-order valence-corrected chi connectivity index (χ0v) is 15.1. The average molecular weight is 388 g/mol. The number of fused-ring (bicyclic) bond motifs is 1. The van der Waals surface area contributed by atoms with Crippen LogP contribution in [0.25, 0.3) is 0 Å². The summed E-state index contributed by atoms with van der Waals surface area (Å²) in [6, 6.07) is 14.9. The van der Waals surface area contributed by atoms with Gasteiger partial charge < -0.3 is 10.6 Å². The molecule has 2 amide bonds.